The number of aliphatic hydroxyl groups is 1. The monoisotopic (exact) mass is 289 g/mol. The average Bonchev–Trinajstić information content (AvgIpc) is 3.21. The van der Waals surface area contributed by atoms with Gasteiger partial charge in [0.15, 0.2) is 0 Å². The molecule has 6 heteroatoms. The van der Waals surface area contributed by atoms with E-state index in [4.69, 9.17) is 5.73 Å². The van der Waals surface area contributed by atoms with Gasteiger partial charge >= 0.3 is 6.36 Å². The van der Waals surface area contributed by atoms with Crippen LogP contribution in [-0.4, -0.2) is 24.6 Å². The van der Waals surface area contributed by atoms with E-state index >= 15 is 0 Å². The molecule has 1 unspecified atom stereocenters. The van der Waals surface area contributed by atoms with Gasteiger partial charge in [0.1, 0.15) is 5.75 Å². The van der Waals surface area contributed by atoms with E-state index in [2.05, 4.69) is 4.74 Å². The van der Waals surface area contributed by atoms with Crippen molar-refractivity contribution in [3.63, 3.8) is 0 Å². The van der Waals surface area contributed by atoms with Crippen molar-refractivity contribution in [3.05, 3.63) is 29.8 Å². The first kappa shape index (κ1) is 15.1. The van der Waals surface area contributed by atoms with Crippen molar-refractivity contribution in [2.24, 2.45) is 17.1 Å². The Balaban J connectivity index is 2.06. The molecule has 0 radical (unpaired) electrons. The van der Waals surface area contributed by atoms with Gasteiger partial charge in [0.2, 0.25) is 0 Å². The van der Waals surface area contributed by atoms with Gasteiger partial charge in [0, 0.05) is 12.0 Å². The summed E-state index contributed by atoms with van der Waals surface area (Å²) in [6, 6.07) is 5.75. The molecule has 3 N–H and O–H groups in total. The van der Waals surface area contributed by atoms with Crippen molar-refractivity contribution in [1.29, 1.82) is 0 Å². The Hall–Kier alpha value is -1.27. The summed E-state index contributed by atoms with van der Waals surface area (Å²) in [5, 5.41) is 9.60. The van der Waals surface area contributed by atoms with Crippen molar-refractivity contribution < 1.29 is 23.0 Å². The maximum absolute atomic E-state index is 12.1. The van der Waals surface area contributed by atoms with E-state index in [0.29, 0.717) is 18.9 Å². The predicted octanol–water partition coefficient (Wildman–Crippen LogP) is 2.48. The number of hydrogen-bond donors (Lipinski definition) is 2. The number of alkyl halides is 3. The second kappa shape index (κ2) is 5.61. The van der Waals surface area contributed by atoms with E-state index < -0.39 is 6.36 Å². The molecule has 0 heterocycles. The number of nitrogens with two attached hydrogens (primary N) is 1. The third-order valence-electron chi connectivity index (χ3n) is 3.88. The molecule has 0 aliphatic heterocycles. The molecule has 0 saturated heterocycles. The second-order valence-electron chi connectivity index (χ2n) is 5.37. The van der Waals surface area contributed by atoms with Crippen LogP contribution in [0.25, 0.3) is 0 Å². The van der Waals surface area contributed by atoms with Crippen molar-refractivity contribution >= 4 is 0 Å². The molecule has 1 atom stereocenters. The van der Waals surface area contributed by atoms with Crippen LogP contribution < -0.4 is 10.5 Å². The number of aliphatic hydroxyl groups excluding tert-OH is 1. The highest BCUT2D eigenvalue weighted by molar-refractivity contribution is 5.28. The van der Waals surface area contributed by atoms with Crippen LogP contribution in [0.15, 0.2) is 24.3 Å². The molecule has 1 aromatic carbocycles. The third kappa shape index (κ3) is 3.64. The molecule has 0 amide bonds. The minimum Gasteiger partial charge on any atom is -0.406 e. The molecule has 1 saturated carbocycles. The quantitative estimate of drug-likeness (QED) is 0.846. The van der Waals surface area contributed by atoms with Gasteiger partial charge in [-0.1, -0.05) is 12.1 Å². The van der Waals surface area contributed by atoms with Gasteiger partial charge in [-0.3, -0.25) is 0 Å². The van der Waals surface area contributed by atoms with Crippen LogP contribution in [0.2, 0.25) is 0 Å². The normalized spacial score (nSPS) is 18.6. The minimum atomic E-state index is -4.68. The lowest BCUT2D eigenvalue weighted by molar-refractivity contribution is -0.274. The summed E-state index contributed by atoms with van der Waals surface area (Å²) in [5.41, 5.74) is 6.28. The zero-order valence-electron chi connectivity index (χ0n) is 11.0. The lowest BCUT2D eigenvalue weighted by Crippen LogP contribution is -2.38. The van der Waals surface area contributed by atoms with Crippen molar-refractivity contribution in [2.45, 2.75) is 25.6 Å². The first-order chi connectivity index (χ1) is 9.38. The molecular formula is C14H18F3NO2. The highest BCUT2D eigenvalue weighted by atomic mass is 19.4. The Labute approximate surface area is 115 Å². The molecule has 2 rings (SSSR count). The number of rotatable bonds is 6. The maximum Gasteiger partial charge on any atom is 0.573 e. The Morgan fingerprint density at radius 2 is 1.80 bits per heavy atom. The van der Waals surface area contributed by atoms with Crippen molar-refractivity contribution in [1.82, 2.24) is 0 Å². The Morgan fingerprint density at radius 1 is 1.20 bits per heavy atom. The number of hydrogen-bond acceptors (Lipinski definition) is 3. The molecule has 0 bridgehead atoms. The van der Waals surface area contributed by atoms with Gasteiger partial charge in [-0.2, -0.15) is 0 Å². The summed E-state index contributed by atoms with van der Waals surface area (Å²) < 4.78 is 40.0. The highest BCUT2D eigenvalue weighted by Gasteiger charge is 2.43. The lowest BCUT2D eigenvalue weighted by Gasteiger charge is -2.30. The summed E-state index contributed by atoms with van der Waals surface area (Å²) in [6.07, 6.45) is -2.02. The first-order valence-electron chi connectivity index (χ1n) is 6.54. The van der Waals surface area contributed by atoms with E-state index in [9.17, 15) is 18.3 Å². The van der Waals surface area contributed by atoms with Gasteiger partial charge in [-0.15, -0.1) is 13.2 Å². The summed E-state index contributed by atoms with van der Waals surface area (Å²) >= 11 is 0. The number of benzene rings is 1. The second-order valence-corrected chi connectivity index (χ2v) is 5.37. The zero-order valence-corrected chi connectivity index (χ0v) is 11.0. The van der Waals surface area contributed by atoms with Crippen molar-refractivity contribution in [3.8, 4) is 5.75 Å². The highest BCUT2D eigenvalue weighted by Crippen LogP contribution is 2.46. The minimum absolute atomic E-state index is 0.00499. The average molecular weight is 289 g/mol. The molecule has 0 spiro atoms. The molecule has 1 aromatic rings. The first-order valence-corrected chi connectivity index (χ1v) is 6.54. The molecule has 0 aromatic heterocycles. The van der Waals surface area contributed by atoms with E-state index in [1.807, 2.05) is 0 Å². The van der Waals surface area contributed by atoms with Crippen LogP contribution in [-0.2, 0) is 6.42 Å². The summed E-state index contributed by atoms with van der Waals surface area (Å²) in [7, 11) is 0. The standard InChI is InChI=1S/C14H18F3NO2/c15-14(16,17)20-12-5-1-10(2-6-12)7-13(8-18,9-19)11-3-4-11/h1-2,5-6,11,19H,3-4,7-9,18H2. The van der Waals surface area contributed by atoms with Gasteiger partial charge in [-0.25, -0.2) is 0 Å². The summed E-state index contributed by atoms with van der Waals surface area (Å²) in [6.45, 7) is 0.365. The summed E-state index contributed by atoms with van der Waals surface area (Å²) in [4.78, 5) is 0. The SMILES string of the molecule is NCC(CO)(Cc1ccc(OC(F)(F)F)cc1)C1CC1. The third-order valence-corrected chi connectivity index (χ3v) is 3.88. The van der Waals surface area contributed by atoms with E-state index in [1.54, 1.807) is 12.1 Å². The smallest absolute Gasteiger partial charge is 0.406 e. The molecule has 112 valence electrons. The van der Waals surface area contributed by atoms with E-state index in [0.717, 1.165) is 18.4 Å². The summed E-state index contributed by atoms with van der Waals surface area (Å²) in [5.74, 6) is 0.165. The Bertz CT molecular complexity index is 437. The molecular weight excluding hydrogens is 271 g/mol. The van der Waals surface area contributed by atoms with Crippen LogP contribution in [0.4, 0.5) is 13.2 Å². The predicted molar refractivity (Wildman–Crippen MR) is 68.1 cm³/mol. The van der Waals surface area contributed by atoms with Gasteiger partial charge < -0.3 is 15.6 Å². The molecule has 1 fully saturated rings. The Morgan fingerprint density at radius 3 is 2.20 bits per heavy atom. The fourth-order valence-electron chi connectivity index (χ4n) is 2.54. The fraction of sp³-hybridized carbons (Fsp3) is 0.571. The zero-order chi connectivity index (χ0) is 14.8. The molecule has 1 aliphatic carbocycles. The Kier molecular flexibility index (Phi) is 4.25. The van der Waals surface area contributed by atoms with Gasteiger partial charge in [0.05, 0.1) is 6.61 Å². The largest absolute Gasteiger partial charge is 0.573 e. The van der Waals surface area contributed by atoms with Crippen LogP contribution in [0.5, 0.6) is 5.75 Å². The molecule has 1 aliphatic rings. The lowest BCUT2D eigenvalue weighted by atomic mass is 9.78. The van der Waals surface area contributed by atoms with E-state index in [1.165, 1.54) is 12.1 Å². The molecule has 20 heavy (non-hydrogen) atoms. The van der Waals surface area contributed by atoms with Crippen LogP contribution >= 0.6 is 0 Å². The van der Waals surface area contributed by atoms with Gasteiger partial charge in [0.25, 0.3) is 0 Å². The maximum atomic E-state index is 12.1. The molecule has 3 nitrogen and oxygen atoms in total. The van der Waals surface area contributed by atoms with Crippen molar-refractivity contribution in [2.75, 3.05) is 13.2 Å². The number of ether oxygens (including phenoxy) is 1. The number of halogens is 3. The van der Waals surface area contributed by atoms with Crippen LogP contribution in [0.3, 0.4) is 0 Å². The van der Waals surface area contributed by atoms with Crippen LogP contribution in [0.1, 0.15) is 18.4 Å². The van der Waals surface area contributed by atoms with Gasteiger partial charge in [-0.05, 0) is 42.9 Å². The van der Waals surface area contributed by atoms with Crippen LogP contribution in [0, 0.1) is 11.3 Å². The van der Waals surface area contributed by atoms with E-state index in [-0.39, 0.29) is 17.8 Å². The fourth-order valence-corrected chi connectivity index (χ4v) is 2.54. The topological polar surface area (TPSA) is 55.5 Å².